The van der Waals surface area contributed by atoms with E-state index in [0.717, 1.165) is 16.5 Å². The standard InChI is InChI=1S/C22H33N4O7P/c1-12(2)9-18(25-14(4)34(31,32)33)21(28)26-19(20(27)24-13(3)22(29)30)10-15-11-23-17-8-6-5-7-16(15)17/h5-8,11-14,18-19,23,25H,9-10H2,1-4H3,(H,24,27)(H,26,28)(H,29,30)(H2,31,32,33). The van der Waals surface area contributed by atoms with Crippen LogP contribution in [0.5, 0.6) is 0 Å². The van der Waals surface area contributed by atoms with Gasteiger partial charge < -0.3 is 30.5 Å². The number of carbonyl (C=O) groups is 3. The number of aliphatic carboxylic acids is 1. The summed E-state index contributed by atoms with van der Waals surface area (Å²) in [6.07, 6.45) is 2.07. The highest BCUT2D eigenvalue weighted by molar-refractivity contribution is 7.52. The van der Waals surface area contributed by atoms with Gasteiger partial charge in [-0.15, -0.1) is 0 Å². The number of aromatic amines is 1. The van der Waals surface area contributed by atoms with Crippen molar-refractivity contribution >= 4 is 36.3 Å². The normalized spacial score (nSPS) is 15.5. The van der Waals surface area contributed by atoms with Crippen LogP contribution in [0.4, 0.5) is 0 Å². The molecular weight excluding hydrogens is 463 g/mol. The summed E-state index contributed by atoms with van der Waals surface area (Å²) in [7, 11) is -4.49. The average molecular weight is 497 g/mol. The summed E-state index contributed by atoms with van der Waals surface area (Å²) in [6, 6.07) is 4.16. The molecule has 4 atom stereocenters. The third-order valence-electron chi connectivity index (χ3n) is 5.43. The molecule has 0 saturated carbocycles. The van der Waals surface area contributed by atoms with E-state index in [4.69, 9.17) is 5.11 Å². The number of nitrogens with one attached hydrogen (secondary N) is 4. The highest BCUT2D eigenvalue weighted by atomic mass is 31.2. The van der Waals surface area contributed by atoms with E-state index in [1.54, 1.807) is 6.20 Å². The number of rotatable bonds is 12. The molecule has 0 aliphatic rings. The lowest BCUT2D eigenvalue weighted by molar-refractivity contribution is -0.141. The number of aromatic nitrogens is 1. The van der Waals surface area contributed by atoms with Gasteiger partial charge in [-0.05, 0) is 37.8 Å². The Bertz CT molecular complexity index is 1060. The first kappa shape index (κ1) is 27.5. The topological polar surface area (TPSA) is 181 Å². The van der Waals surface area contributed by atoms with Crippen LogP contribution in [-0.4, -0.2) is 61.6 Å². The van der Waals surface area contributed by atoms with Gasteiger partial charge in [0.15, 0.2) is 0 Å². The Labute approximate surface area is 197 Å². The first-order valence-corrected chi connectivity index (χ1v) is 12.7. The third kappa shape index (κ3) is 7.66. The minimum atomic E-state index is -4.49. The summed E-state index contributed by atoms with van der Waals surface area (Å²) in [5.74, 6) is -3.77. The number of para-hydroxylation sites is 1. The molecule has 11 nitrogen and oxygen atoms in total. The van der Waals surface area contributed by atoms with Gasteiger partial charge in [0.1, 0.15) is 17.9 Å². The summed E-state index contributed by atoms with van der Waals surface area (Å²) in [6.45, 7) is 6.31. The molecule has 0 bridgehead atoms. The lowest BCUT2D eigenvalue weighted by atomic mass is 10.0. The van der Waals surface area contributed by atoms with Crippen molar-refractivity contribution in [3.8, 4) is 0 Å². The molecular formula is C22H33N4O7P. The molecule has 0 aliphatic heterocycles. The van der Waals surface area contributed by atoms with Gasteiger partial charge in [0, 0.05) is 23.5 Å². The summed E-state index contributed by atoms with van der Waals surface area (Å²) >= 11 is 0. The van der Waals surface area contributed by atoms with Gasteiger partial charge in [0.05, 0.1) is 6.04 Å². The molecule has 7 N–H and O–H groups in total. The van der Waals surface area contributed by atoms with Crippen LogP contribution in [0.2, 0.25) is 0 Å². The quantitative estimate of drug-likeness (QED) is 0.215. The van der Waals surface area contributed by atoms with Gasteiger partial charge in [-0.1, -0.05) is 32.0 Å². The van der Waals surface area contributed by atoms with Gasteiger partial charge in [0.2, 0.25) is 11.8 Å². The number of fused-ring (bicyclic) bond motifs is 1. The minimum Gasteiger partial charge on any atom is -0.480 e. The molecule has 1 aromatic carbocycles. The van der Waals surface area contributed by atoms with Crippen LogP contribution in [0.25, 0.3) is 10.9 Å². The third-order valence-corrected chi connectivity index (χ3v) is 6.59. The van der Waals surface area contributed by atoms with Crippen molar-refractivity contribution in [1.82, 2.24) is 20.9 Å². The van der Waals surface area contributed by atoms with Gasteiger partial charge in [-0.25, -0.2) is 0 Å². The van der Waals surface area contributed by atoms with Crippen LogP contribution in [0.15, 0.2) is 30.5 Å². The second-order valence-corrected chi connectivity index (χ2v) is 10.8. The van der Waals surface area contributed by atoms with Crippen LogP contribution in [0.3, 0.4) is 0 Å². The van der Waals surface area contributed by atoms with Crippen molar-refractivity contribution in [2.75, 3.05) is 0 Å². The van der Waals surface area contributed by atoms with Gasteiger partial charge >= 0.3 is 13.6 Å². The van der Waals surface area contributed by atoms with Gasteiger partial charge in [-0.2, -0.15) is 0 Å². The number of carboxylic acids is 1. The van der Waals surface area contributed by atoms with E-state index in [-0.39, 0.29) is 18.8 Å². The maximum atomic E-state index is 13.1. The molecule has 188 valence electrons. The van der Waals surface area contributed by atoms with Crippen LogP contribution >= 0.6 is 7.60 Å². The first-order chi connectivity index (χ1) is 15.8. The number of hydrogen-bond donors (Lipinski definition) is 7. The lowest BCUT2D eigenvalue weighted by Gasteiger charge is -2.27. The maximum Gasteiger partial charge on any atom is 0.342 e. The second-order valence-electron chi connectivity index (χ2n) is 8.81. The Morgan fingerprint density at radius 1 is 1.00 bits per heavy atom. The summed E-state index contributed by atoms with van der Waals surface area (Å²) in [5, 5.41) is 17.7. The summed E-state index contributed by atoms with van der Waals surface area (Å²) < 4.78 is 11.6. The lowest BCUT2D eigenvalue weighted by Crippen LogP contribution is -2.56. The molecule has 0 fully saturated rings. The summed E-state index contributed by atoms with van der Waals surface area (Å²) in [5.41, 5.74) is 1.59. The van der Waals surface area contributed by atoms with Gasteiger partial charge in [-0.3, -0.25) is 24.3 Å². The maximum absolute atomic E-state index is 13.1. The molecule has 0 radical (unpaired) electrons. The van der Waals surface area contributed by atoms with E-state index in [1.165, 1.54) is 13.8 Å². The zero-order valence-corrected chi connectivity index (χ0v) is 20.5. The molecule has 12 heteroatoms. The minimum absolute atomic E-state index is 0.0140. The zero-order chi connectivity index (χ0) is 25.6. The van der Waals surface area contributed by atoms with Crippen LogP contribution < -0.4 is 16.0 Å². The number of amides is 2. The smallest absolute Gasteiger partial charge is 0.342 e. The van der Waals surface area contributed by atoms with E-state index >= 15 is 0 Å². The van der Waals surface area contributed by atoms with Crippen molar-refractivity contribution in [3.05, 3.63) is 36.0 Å². The SMILES string of the molecule is CC(C)CC(NC(C)P(=O)(O)O)C(=O)NC(Cc1c[nH]c2ccccc12)C(=O)NC(C)C(=O)O. The van der Waals surface area contributed by atoms with Gasteiger partial charge in [0.25, 0.3) is 0 Å². The predicted octanol–water partition coefficient (Wildman–Crippen LogP) is 1.31. The Balaban J connectivity index is 2.30. The second kappa shape index (κ2) is 11.6. The Morgan fingerprint density at radius 3 is 2.21 bits per heavy atom. The number of benzene rings is 1. The highest BCUT2D eigenvalue weighted by Crippen LogP contribution is 2.39. The van der Waals surface area contributed by atoms with Crippen molar-refractivity contribution in [3.63, 3.8) is 0 Å². The van der Waals surface area contributed by atoms with Crippen molar-refractivity contribution in [2.24, 2.45) is 5.92 Å². The fraction of sp³-hybridized carbons (Fsp3) is 0.500. The van der Waals surface area contributed by atoms with Crippen LogP contribution in [0, 0.1) is 5.92 Å². The monoisotopic (exact) mass is 496 g/mol. The van der Waals surface area contributed by atoms with E-state index in [0.29, 0.717) is 0 Å². The van der Waals surface area contributed by atoms with E-state index < -0.39 is 49.3 Å². The Kier molecular flexibility index (Phi) is 9.40. The number of H-pyrrole nitrogens is 1. The molecule has 34 heavy (non-hydrogen) atoms. The number of carbonyl (C=O) groups excluding carboxylic acids is 2. The Morgan fingerprint density at radius 2 is 1.62 bits per heavy atom. The fourth-order valence-corrected chi connectivity index (χ4v) is 3.86. The average Bonchev–Trinajstić information content (AvgIpc) is 3.14. The van der Waals surface area contributed by atoms with Crippen molar-refractivity contribution in [1.29, 1.82) is 0 Å². The molecule has 4 unspecified atom stereocenters. The molecule has 0 spiro atoms. The molecule has 0 aliphatic carbocycles. The van der Waals surface area contributed by atoms with E-state index in [2.05, 4.69) is 20.9 Å². The molecule has 2 aromatic rings. The van der Waals surface area contributed by atoms with Crippen molar-refractivity contribution in [2.45, 2.75) is 64.4 Å². The first-order valence-electron chi connectivity index (χ1n) is 11.0. The van der Waals surface area contributed by atoms with E-state index in [9.17, 15) is 28.7 Å². The zero-order valence-electron chi connectivity index (χ0n) is 19.6. The number of carboxylic acid groups (broad SMARTS) is 1. The van der Waals surface area contributed by atoms with Crippen LogP contribution in [-0.2, 0) is 25.4 Å². The molecule has 1 aromatic heterocycles. The predicted molar refractivity (Wildman–Crippen MR) is 127 cm³/mol. The molecule has 2 rings (SSSR count). The molecule has 2 amide bonds. The van der Waals surface area contributed by atoms with Crippen LogP contribution in [0.1, 0.15) is 39.7 Å². The fourth-order valence-electron chi connectivity index (χ4n) is 3.49. The highest BCUT2D eigenvalue weighted by Gasteiger charge is 2.32. The molecule has 0 saturated heterocycles. The number of hydrogen-bond acceptors (Lipinski definition) is 5. The summed E-state index contributed by atoms with van der Waals surface area (Å²) in [4.78, 5) is 59.3. The Hall–Kier alpha value is -2.72. The van der Waals surface area contributed by atoms with Crippen molar-refractivity contribution < 1.29 is 33.8 Å². The molecule has 1 heterocycles. The largest absolute Gasteiger partial charge is 0.480 e. The van der Waals surface area contributed by atoms with E-state index in [1.807, 2.05) is 38.1 Å².